The van der Waals surface area contributed by atoms with Crippen LogP contribution in [0.5, 0.6) is 0 Å². The third kappa shape index (κ3) is 5.43. The molecule has 2 aromatic heterocycles. The molecule has 36 heavy (non-hydrogen) atoms. The molecule has 16 nitrogen and oxygen atoms in total. The number of hydrogen-bond donors (Lipinski definition) is 5. The number of benzene rings is 1. The van der Waals surface area contributed by atoms with Crippen molar-refractivity contribution in [2.75, 3.05) is 6.61 Å². The van der Waals surface area contributed by atoms with E-state index in [-0.39, 0.29) is 6.54 Å². The third-order valence-corrected chi connectivity index (χ3v) is 7.61. The second-order valence-electron chi connectivity index (χ2n) is 7.90. The van der Waals surface area contributed by atoms with E-state index in [9.17, 15) is 33.8 Å². The Morgan fingerprint density at radius 2 is 1.78 bits per heavy atom. The van der Waals surface area contributed by atoms with Crippen LogP contribution in [-0.4, -0.2) is 68.7 Å². The zero-order valence-electron chi connectivity index (χ0n) is 18.5. The average molecular weight is 548 g/mol. The lowest BCUT2D eigenvalue weighted by atomic mass is 10.1. The maximum Gasteiger partial charge on any atom is 0.481 e. The molecule has 0 bridgehead atoms. The number of phosphoric ester groups is 1. The van der Waals surface area contributed by atoms with Gasteiger partial charge in [0.25, 0.3) is 5.56 Å². The maximum atomic E-state index is 13.2. The molecule has 0 saturated carbocycles. The first-order valence-corrected chi connectivity index (χ1v) is 13.3. The van der Waals surface area contributed by atoms with Gasteiger partial charge in [-0.15, -0.1) is 0 Å². The summed E-state index contributed by atoms with van der Waals surface area (Å²) >= 11 is 0. The van der Waals surface area contributed by atoms with Crippen LogP contribution < -0.4 is 11.2 Å². The first kappa shape index (κ1) is 26.6. The van der Waals surface area contributed by atoms with Crippen molar-refractivity contribution in [1.29, 1.82) is 0 Å². The molecule has 0 radical (unpaired) electrons. The van der Waals surface area contributed by atoms with Crippen molar-refractivity contribution in [2.45, 2.75) is 31.1 Å². The monoisotopic (exact) mass is 548 g/mol. The minimum absolute atomic E-state index is 0.203. The number of nitrogens with zero attached hydrogens (tertiary/aromatic N) is 4. The van der Waals surface area contributed by atoms with Gasteiger partial charge in [0.2, 0.25) is 0 Å². The lowest BCUT2D eigenvalue weighted by molar-refractivity contribution is -0.0547. The molecule has 0 aliphatic carbocycles. The Hall–Kier alpha value is -2.49. The van der Waals surface area contributed by atoms with Gasteiger partial charge >= 0.3 is 21.3 Å². The van der Waals surface area contributed by atoms with Crippen LogP contribution in [-0.2, 0) is 36.3 Å². The predicted molar refractivity (Wildman–Crippen MR) is 120 cm³/mol. The van der Waals surface area contributed by atoms with Crippen molar-refractivity contribution in [3.8, 4) is 0 Å². The predicted octanol–water partition coefficient (Wildman–Crippen LogP) is -1.21. The highest BCUT2D eigenvalue weighted by Crippen LogP contribution is 2.57. The molecule has 1 aliphatic rings. The van der Waals surface area contributed by atoms with Crippen LogP contribution >= 0.6 is 15.6 Å². The Morgan fingerprint density at radius 1 is 1.08 bits per heavy atom. The lowest BCUT2D eigenvalue weighted by Gasteiger charge is -2.19. The fraction of sp³-hybridized carbons (Fsp3) is 0.389. The van der Waals surface area contributed by atoms with E-state index in [1.165, 1.54) is 0 Å². The van der Waals surface area contributed by atoms with Gasteiger partial charge in [0.05, 0.1) is 24.4 Å². The van der Waals surface area contributed by atoms with Crippen molar-refractivity contribution in [3.63, 3.8) is 0 Å². The first-order valence-electron chi connectivity index (χ1n) is 10.3. The van der Waals surface area contributed by atoms with Gasteiger partial charge in [-0.05, 0) is 6.07 Å². The van der Waals surface area contributed by atoms with E-state index in [0.717, 1.165) is 32.3 Å². The van der Waals surface area contributed by atoms with Gasteiger partial charge in [-0.25, -0.2) is 13.9 Å². The summed E-state index contributed by atoms with van der Waals surface area (Å²) in [5.74, 6) is 0. The van der Waals surface area contributed by atoms with Crippen molar-refractivity contribution in [3.05, 3.63) is 63.1 Å². The summed E-state index contributed by atoms with van der Waals surface area (Å²) in [5.41, 5.74) is -0.336. The normalized spacial score (nSPS) is 24.3. The van der Waals surface area contributed by atoms with Crippen LogP contribution in [0.25, 0.3) is 10.9 Å². The van der Waals surface area contributed by atoms with Crippen LogP contribution in [0.4, 0.5) is 0 Å². The van der Waals surface area contributed by atoms with E-state index in [0.29, 0.717) is 5.69 Å². The van der Waals surface area contributed by atoms with E-state index in [1.54, 1.807) is 23.9 Å². The Bertz CT molecular complexity index is 1490. The van der Waals surface area contributed by atoms with Crippen molar-refractivity contribution in [1.82, 2.24) is 18.9 Å². The number of aryl methyl sites for hydroxylation is 1. The zero-order valence-corrected chi connectivity index (χ0v) is 20.3. The van der Waals surface area contributed by atoms with Crippen LogP contribution in [0.15, 0.2) is 46.1 Å². The standard InChI is InChI=1S/C18H22N4O12P2/c1-20-12-5-3-2-4-10(12)11(19-20)8-22-14(23)6-7-21(18(22)26)17-16(25)15(24)13(33-17)9-32-36(30,31)34-35(27,28)29/h2-7,13,15-17,24-25H,8-9H2,1H3,(H,30,31)(H2,27,28,29)/t13-,15+,16?,17-/m1/s1. The number of aromatic nitrogens is 4. The van der Waals surface area contributed by atoms with E-state index in [2.05, 4.69) is 13.9 Å². The number of phosphoric acid groups is 2. The van der Waals surface area contributed by atoms with Crippen molar-refractivity contribution in [2.24, 2.45) is 7.05 Å². The molecule has 1 aromatic carbocycles. The maximum absolute atomic E-state index is 13.2. The molecule has 0 spiro atoms. The number of aliphatic hydroxyl groups excluding tert-OH is 2. The van der Waals surface area contributed by atoms with Crippen molar-refractivity contribution >= 4 is 26.5 Å². The van der Waals surface area contributed by atoms with Crippen LogP contribution in [0.2, 0.25) is 0 Å². The van der Waals surface area contributed by atoms with E-state index >= 15 is 0 Å². The highest BCUT2D eigenvalue weighted by Gasteiger charge is 2.46. The highest BCUT2D eigenvalue weighted by molar-refractivity contribution is 7.60. The number of fused-ring (bicyclic) bond motifs is 1. The largest absolute Gasteiger partial charge is 0.481 e. The van der Waals surface area contributed by atoms with Gasteiger partial charge in [0.1, 0.15) is 18.3 Å². The molecule has 196 valence electrons. The highest BCUT2D eigenvalue weighted by atomic mass is 31.3. The lowest BCUT2D eigenvalue weighted by Crippen LogP contribution is -2.43. The SMILES string of the molecule is Cn1nc(Cn2c(=O)ccn([C@@H]3O[C@H](COP(=O)(O)OP(=O)(O)O)[C@H](O)C3O)c2=O)c2ccccc21. The number of ether oxygens (including phenoxy) is 1. The summed E-state index contributed by atoms with van der Waals surface area (Å²) in [6, 6.07) is 8.25. The van der Waals surface area contributed by atoms with Gasteiger partial charge in [-0.2, -0.15) is 9.41 Å². The molecule has 3 heterocycles. The molecule has 4 rings (SSSR count). The van der Waals surface area contributed by atoms with Gasteiger partial charge in [-0.1, -0.05) is 18.2 Å². The summed E-state index contributed by atoms with van der Waals surface area (Å²) in [4.78, 5) is 52.4. The summed E-state index contributed by atoms with van der Waals surface area (Å²) in [6.45, 7) is -1.14. The molecule has 1 saturated heterocycles. The number of aliphatic hydroxyl groups is 2. The fourth-order valence-electron chi connectivity index (χ4n) is 3.85. The zero-order chi connectivity index (χ0) is 26.4. The van der Waals surface area contributed by atoms with E-state index < -0.39 is 58.0 Å². The quantitative estimate of drug-likeness (QED) is 0.209. The van der Waals surface area contributed by atoms with Gasteiger partial charge < -0.3 is 29.6 Å². The summed E-state index contributed by atoms with van der Waals surface area (Å²) in [7, 11) is -8.91. The van der Waals surface area contributed by atoms with Crippen LogP contribution in [0, 0.1) is 0 Å². The van der Waals surface area contributed by atoms with Crippen molar-refractivity contribution < 1.29 is 47.6 Å². The Balaban J connectivity index is 1.58. The van der Waals surface area contributed by atoms with Crippen LogP contribution in [0.3, 0.4) is 0 Å². The second kappa shape index (κ2) is 9.76. The van der Waals surface area contributed by atoms with Gasteiger partial charge in [0.15, 0.2) is 6.23 Å². The van der Waals surface area contributed by atoms with E-state index in [4.69, 9.17) is 14.5 Å². The summed E-state index contributed by atoms with van der Waals surface area (Å²) in [5, 5.41) is 25.8. The average Bonchev–Trinajstić information content (AvgIpc) is 3.25. The topological polar surface area (TPSA) is 225 Å². The van der Waals surface area contributed by atoms with Gasteiger partial charge in [0, 0.05) is 24.7 Å². The van der Waals surface area contributed by atoms with Crippen LogP contribution in [0.1, 0.15) is 11.9 Å². The molecule has 18 heteroatoms. The Labute approximate surface area is 201 Å². The molecule has 1 fully saturated rings. The molecule has 2 unspecified atom stereocenters. The Kier molecular flexibility index (Phi) is 7.20. The smallest absolute Gasteiger partial charge is 0.387 e. The van der Waals surface area contributed by atoms with Gasteiger partial charge in [-0.3, -0.25) is 23.1 Å². The third-order valence-electron chi connectivity index (χ3n) is 5.46. The minimum atomic E-state index is -5.37. The summed E-state index contributed by atoms with van der Waals surface area (Å²) < 4.78 is 39.2. The fourth-order valence-corrected chi connectivity index (χ4v) is 5.45. The Morgan fingerprint density at radius 3 is 2.47 bits per heavy atom. The number of hydrogen-bond acceptors (Lipinski definition) is 10. The molecular weight excluding hydrogens is 526 g/mol. The molecule has 5 atom stereocenters. The second-order valence-corrected chi connectivity index (χ2v) is 10.7. The molecule has 0 amide bonds. The molecule has 5 N–H and O–H groups in total. The molecular formula is C18H22N4O12P2. The minimum Gasteiger partial charge on any atom is -0.387 e. The summed E-state index contributed by atoms with van der Waals surface area (Å²) in [6.07, 6.45) is -5.46. The molecule has 1 aliphatic heterocycles. The molecule has 3 aromatic rings. The number of para-hydroxylation sites is 1. The number of rotatable bonds is 8. The first-order chi connectivity index (χ1) is 16.8. The van der Waals surface area contributed by atoms with E-state index in [1.807, 2.05) is 12.1 Å².